The number of carbonyl (C=O) groups is 8. The van der Waals surface area contributed by atoms with Gasteiger partial charge in [0, 0.05) is 34.6 Å². The van der Waals surface area contributed by atoms with Crippen molar-refractivity contribution in [3.8, 4) is 0 Å². The van der Waals surface area contributed by atoms with E-state index in [9.17, 15) is 38.4 Å². The van der Waals surface area contributed by atoms with Gasteiger partial charge in [0.25, 0.3) is 17.0 Å². The summed E-state index contributed by atoms with van der Waals surface area (Å²) >= 11 is 18.2. The summed E-state index contributed by atoms with van der Waals surface area (Å²) in [5.41, 5.74) is -0.535. The van der Waals surface area contributed by atoms with Gasteiger partial charge in [-0.3, -0.25) is 38.5 Å². The summed E-state index contributed by atoms with van der Waals surface area (Å²) in [4.78, 5) is 110. The molecule has 2 aromatic carbocycles. The van der Waals surface area contributed by atoms with Crippen LogP contribution in [-0.4, -0.2) is 142 Å². The standard InChI is InChI=1S/C40H40Cl3N3O18S/c1-17(47)55-14-26-30(58-18(2)48)32(60-20(4)50)28(45-38(54)57-16-40(41,42)43)36(62-26)56-15-27-31(59-19(3)49)33(61-21(5)51)29(46-34(52)22-10-6-7-11-23(22)35(46)53)37(63-27)65-39-44-24-12-8-9-13-25(24)64-39/h6-13,26-33,36-37H,14-16H2,1-5H3,(H,45,54)/t26-,27-,28-,29-,30-,31-,32-,33-,36-,37+/m1/s1. The molecular formula is C40H40Cl3N3O18S. The molecule has 0 unspecified atom stereocenters. The van der Waals surface area contributed by atoms with Gasteiger partial charge in [-0.1, -0.05) is 59.1 Å². The number of hydrogen-bond donors (Lipinski definition) is 1. The van der Waals surface area contributed by atoms with Gasteiger partial charge in [-0.2, -0.15) is 0 Å². The molecule has 25 heteroatoms. The van der Waals surface area contributed by atoms with Crippen LogP contribution in [-0.2, 0) is 66.6 Å². The summed E-state index contributed by atoms with van der Waals surface area (Å²) in [6.45, 7) is 3.15. The number of amides is 3. The number of nitrogens with one attached hydrogen (secondary N) is 1. The van der Waals surface area contributed by atoms with Gasteiger partial charge in [-0.25, -0.2) is 9.78 Å². The Labute approximate surface area is 388 Å². The highest BCUT2D eigenvalue weighted by molar-refractivity contribution is 7.99. The minimum atomic E-state index is -2.07. The number of halogens is 3. The first kappa shape index (κ1) is 49.2. The fraction of sp³-hybridized carbons (Fsp3) is 0.475. The highest BCUT2D eigenvalue weighted by Crippen LogP contribution is 2.42. The number of esters is 5. The van der Waals surface area contributed by atoms with Crippen LogP contribution < -0.4 is 5.32 Å². The van der Waals surface area contributed by atoms with Gasteiger partial charge < -0.3 is 52.4 Å². The highest BCUT2D eigenvalue weighted by atomic mass is 35.6. The Kier molecular flexibility index (Phi) is 15.9. The van der Waals surface area contributed by atoms with Crippen LogP contribution >= 0.6 is 46.6 Å². The van der Waals surface area contributed by atoms with Crippen molar-refractivity contribution in [3.63, 3.8) is 0 Å². The molecule has 2 saturated heterocycles. The summed E-state index contributed by atoms with van der Waals surface area (Å²) < 4.78 is 55.7. The normalized spacial score (nSPS) is 26.4. The molecule has 3 aliphatic rings. The topological polar surface area (TPSA) is 261 Å². The van der Waals surface area contributed by atoms with Crippen LogP contribution in [0.3, 0.4) is 0 Å². The van der Waals surface area contributed by atoms with Crippen LogP contribution in [0.15, 0.2) is 58.2 Å². The molecule has 6 rings (SSSR count). The smallest absolute Gasteiger partial charge is 0.407 e. The zero-order valence-electron chi connectivity index (χ0n) is 34.8. The van der Waals surface area contributed by atoms with Crippen molar-refractivity contribution in [1.82, 2.24) is 15.2 Å². The first-order valence-corrected chi connectivity index (χ1v) is 21.5. The molecule has 4 heterocycles. The largest absolute Gasteiger partial charge is 0.463 e. The summed E-state index contributed by atoms with van der Waals surface area (Å²) in [5, 5.41) is 2.40. The van der Waals surface area contributed by atoms with Crippen molar-refractivity contribution in [2.45, 2.75) is 104 Å². The maximum atomic E-state index is 14.1. The number of ether oxygens (including phenoxy) is 9. The van der Waals surface area contributed by atoms with E-state index in [1.165, 1.54) is 12.1 Å². The van der Waals surface area contributed by atoms with E-state index >= 15 is 0 Å². The van der Waals surface area contributed by atoms with Crippen molar-refractivity contribution in [2.75, 3.05) is 19.8 Å². The zero-order chi connectivity index (χ0) is 47.3. The van der Waals surface area contributed by atoms with E-state index in [0.29, 0.717) is 11.1 Å². The third-order valence-electron chi connectivity index (χ3n) is 9.61. The Morgan fingerprint density at radius 1 is 0.708 bits per heavy atom. The van der Waals surface area contributed by atoms with Gasteiger partial charge >= 0.3 is 35.9 Å². The second-order valence-electron chi connectivity index (χ2n) is 14.5. The van der Waals surface area contributed by atoms with Crippen LogP contribution in [0.5, 0.6) is 0 Å². The lowest BCUT2D eigenvalue weighted by molar-refractivity contribution is -0.289. The van der Waals surface area contributed by atoms with E-state index in [-0.39, 0.29) is 16.3 Å². The molecule has 0 bridgehead atoms. The maximum absolute atomic E-state index is 14.1. The number of hydrogen-bond acceptors (Lipinski definition) is 20. The first-order chi connectivity index (χ1) is 30.7. The number of alkyl carbamates (subject to hydrolysis) is 1. The predicted octanol–water partition coefficient (Wildman–Crippen LogP) is 3.81. The van der Waals surface area contributed by atoms with Gasteiger partial charge in [0.15, 0.2) is 36.3 Å². The Balaban J connectivity index is 1.42. The molecule has 3 aliphatic heterocycles. The predicted molar refractivity (Wildman–Crippen MR) is 221 cm³/mol. The molecule has 0 saturated carbocycles. The monoisotopic (exact) mass is 987 g/mol. The SMILES string of the molecule is CC(=O)OC[C@H]1O[C@@H](OC[C@H]2O[C@@H](Sc3nc4ccccc4o3)[C@H](N3C(=O)c4ccccc4C3=O)[C@@H](OC(C)=O)[C@@H]2OC(C)=O)[C@H](NC(=O)OCC(Cl)(Cl)Cl)[C@@H](OC(C)=O)[C@@H]1OC(C)=O. The minimum Gasteiger partial charge on any atom is -0.463 e. The van der Waals surface area contributed by atoms with E-state index < -0.39 is 132 Å². The summed E-state index contributed by atoms with van der Waals surface area (Å²) in [6.07, 6.45) is -12.6. The number of oxazole rings is 1. The molecular weight excluding hydrogens is 949 g/mol. The highest BCUT2D eigenvalue weighted by Gasteiger charge is 2.58. The summed E-state index contributed by atoms with van der Waals surface area (Å²) in [5.74, 6) is -6.00. The number of rotatable bonds is 14. The van der Waals surface area contributed by atoms with Crippen molar-refractivity contribution in [1.29, 1.82) is 0 Å². The second-order valence-corrected chi connectivity index (χ2v) is 18.0. The second kappa shape index (κ2) is 20.9. The van der Waals surface area contributed by atoms with E-state index in [1.54, 1.807) is 36.4 Å². The Bertz CT molecular complexity index is 2260. The van der Waals surface area contributed by atoms with E-state index in [0.717, 1.165) is 51.3 Å². The average molecular weight is 989 g/mol. The molecule has 0 aliphatic carbocycles. The van der Waals surface area contributed by atoms with Gasteiger partial charge in [0.2, 0.25) is 3.79 Å². The molecule has 1 aromatic heterocycles. The lowest BCUT2D eigenvalue weighted by atomic mass is 9.95. The lowest BCUT2D eigenvalue weighted by Gasteiger charge is -2.48. The zero-order valence-corrected chi connectivity index (χ0v) is 37.9. The molecule has 0 spiro atoms. The number of alkyl halides is 3. The Hall–Kier alpha value is -5.23. The molecule has 350 valence electrons. The van der Waals surface area contributed by atoms with Gasteiger partial charge in [-0.05, 0) is 36.0 Å². The van der Waals surface area contributed by atoms with Gasteiger partial charge in [0.05, 0.1) is 17.7 Å². The quantitative estimate of drug-likeness (QED) is 0.104. The van der Waals surface area contributed by atoms with Crippen LogP contribution in [0.2, 0.25) is 0 Å². The molecule has 1 N–H and O–H groups in total. The number of benzene rings is 2. The van der Waals surface area contributed by atoms with Gasteiger partial charge in [-0.15, -0.1) is 0 Å². The number of imide groups is 1. The number of carbonyl (C=O) groups excluding carboxylic acids is 8. The number of nitrogens with zero attached hydrogens (tertiary/aromatic N) is 2. The molecule has 0 radical (unpaired) electrons. The third kappa shape index (κ3) is 12.2. The number of fused-ring (bicyclic) bond motifs is 2. The lowest BCUT2D eigenvalue weighted by Crippen LogP contribution is -2.68. The van der Waals surface area contributed by atoms with Crippen molar-refractivity contribution in [2.24, 2.45) is 0 Å². The first-order valence-electron chi connectivity index (χ1n) is 19.4. The fourth-order valence-corrected chi connectivity index (χ4v) is 8.51. The Morgan fingerprint density at radius 2 is 1.25 bits per heavy atom. The van der Waals surface area contributed by atoms with Crippen LogP contribution in [0.1, 0.15) is 55.3 Å². The third-order valence-corrected chi connectivity index (χ3v) is 10.9. The van der Waals surface area contributed by atoms with Gasteiger partial charge in [0.1, 0.15) is 48.5 Å². The number of aromatic nitrogens is 1. The number of para-hydroxylation sites is 2. The van der Waals surface area contributed by atoms with Crippen LogP contribution in [0, 0.1) is 0 Å². The molecule has 21 nitrogen and oxygen atoms in total. The molecule has 2 fully saturated rings. The van der Waals surface area contributed by atoms with Crippen LogP contribution in [0.25, 0.3) is 11.1 Å². The minimum absolute atomic E-state index is 0.00714. The van der Waals surface area contributed by atoms with Crippen molar-refractivity contribution in [3.05, 3.63) is 59.7 Å². The molecule has 3 aromatic rings. The Morgan fingerprint density at radius 3 is 1.82 bits per heavy atom. The van der Waals surface area contributed by atoms with Crippen LogP contribution in [0.4, 0.5) is 4.79 Å². The summed E-state index contributed by atoms with van der Waals surface area (Å²) in [6, 6.07) is 9.55. The molecule has 65 heavy (non-hydrogen) atoms. The van der Waals surface area contributed by atoms with E-state index in [2.05, 4.69) is 10.3 Å². The maximum Gasteiger partial charge on any atom is 0.407 e. The molecule has 3 amide bonds. The fourth-order valence-electron chi connectivity index (χ4n) is 7.25. The van der Waals surface area contributed by atoms with Crippen molar-refractivity contribution < 1.29 is 85.4 Å². The van der Waals surface area contributed by atoms with Crippen molar-refractivity contribution >= 4 is 105 Å². The summed E-state index contributed by atoms with van der Waals surface area (Å²) in [7, 11) is 0. The van der Waals surface area contributed by atoms with E-state index in [4.69, 9.17) is 81.9 Å². The van der Waals surface area contributed by atoms with E-state index in [1.807, 2.05) is 0 Å². The average Bonchev–Trinajstić information content (AvgIpc) is 3.74. The number of thioether (sulfide) groups is 1. The molecule has 10 atom stereocenters.